The second kappa shape index (κ2) is 7.09. The van der Waals surface area contributed by atoms with E-state index in [0.717, 1.165) is 12.0 Å². The standard InChI is InChI=1S/C16H18ClN3O/c1-3-14(11-7-5-4-6-8-11)20-16(21)12-9-13(17)15(18-2)19-10-12/h4-10,14H,3H2,1-2H3,(H,18,19)(H,20,21). The summed E-state index contributed by atoms with van der Waals surface area (Å²) in [6.07, 6.45) is 2.33. The summed E-state index contributed by atoms with van der Waals surface area (Å²) in [6, 6.07) is 11.5. The lowest BCUT2D eigenvalue weighted by atomic mass is 10.0. The minimum Gasteiger partial charge on any atom is -0.372 e. The van der Waals surface area contributed by atoms with E-state index in [4.69, 9.17) is 11.6 Å². The fourth-order valence-corrected chi connectivity index (χ4v) is 2.35. The predicted molar refractivity (Wildman–Crippen MR) is 85.7 cm³/mol. The molecule has 2 aromatic rings. The Kier molecular flexibility index (Phi) is 5.17. The average molecular weight is 304 g/mol. The van der Waals surface area contributed by atoms with E-state index in [-0.39, 0.29) is 11.9 Å². The van der Waals surface area contributed by atoms with E-state index in [1.165, 1.54) is 6.20 Å². The largest absolute Gasteiger partial charge is 0.372 e. The maximum atomic E-state index is 12.3. The first-order chi connectivity index (χ1) is 10.2. The second-order valence-corrected chi connectivity index (χ2v) is 5.06. The van der Waals surface area contributed by atoms with Crippen LogP contribution in [0.25, 0.3) is 0 Å². The highest BCUT2D eigenvalue weighted by Crippen LogP contribution is 2.21. The number of hydrogen-bond donors (Lipinski definition) is 2. The Morgan fingerprint density at radius 3 is 2.62 bits per heavy atom. The molecule has 0 fully saturated rings. The maximum absolute atomic E-state index is 12.3. The molecule has 1 amide bonds. The smallest absolute Gasteiger partial charge is 0.253 e. The van der Waals surface area contributed by atoms with Crippen LogP contribution in [0.4, 0.5) is 5.82 Å². The van der Waals surface area contributed by atoms with Crippen molar-refractivity contribution in [3.05, 3.63) is 58.7 Å². The monoisotopic (exact) mass is 303 g/mol. The molecule has 21 heavy (non-hydrogen) atoms. The van der Waals surface area contributed by atoms with Gasteiger partial charge < -0.3 is 10.6 Å². The van der Waals surface area contributed by atoms with Crippen molar-refractivity contribution < 1.29 is 4.79 Å². The molecule has 110 valence electrons. The van der Waals surface area contributed by atoms with Crippen LogP contribution in [0, 0.1) is 0 Å². The fraction of sp³-hybridized carbons (Fsp3) is 0.250. The molecule has 0 saturated heterocycles. The first-order valence-electron chi connectivity index (χ1n) is 6.84. The Labute approximate surface area is 129 Å². The molecule has 2 N–H and O–H groups in total. The number of halogens is 1. The molecule has 1 heterocycles. The first kappa shape index (κ1) is 15.3. The zero-order valence-electron chi connectivity index (χ0n) is 12.1. The van der Waals surface area contributed by atoms with E-state index >= 15 is 0 Å². The van der Waals surface area contributed by atoms with Crippen LogP contribution in [0.15, 0.2) is 42.6 Å². The van der Waals surface area contributed by atoms with Crippen molar-refractivity contribution in [1.29, 1.82) is 0 Å². The molecular weight excluding hydrogens is 286 g/mol. The van der Waals surface area contributed by atoms with Crippen LogP contribution in [0.3, 0.4) is 0 Å². The van der Waals surface area contributed by atoms with Gasteiger partial charge in [-0.2, -0.15) is 0 Å². The number of nitrogens with one attached hydrogen (secondary N) is 2. The van der Waals surface area contributed by atoms with Crippen molar-refractivity contribution in [2.45, 2.75) is 19.4 Å². The third-order valence-electron chi connectivity index (χ3n) is 3.26. The van der Waals surface area contributed by atoms with Crippen molar-refractivity contribution in [1.82, 2.24) is 10.3 Å². The van der Waals surface area contributed by atoms with Crippen LogP contribution in [0.1, 0.15) is 35.3 Å². The van der Waals surface area contributed by atoms with E-state index < -0.39 is 0 Å². The molecule has 0 aliphatic heterocycles. The molecule has 0 bridgehead atoms. The second-order valence-electron chi connectivity index (χ2n) is 4.65. The minimum atomic E-state index is -0.178. The molecule has 0 spiro atoms. The summed E-state index contributed by atoms with van der Waals surface area (Å²) in [5.41, 5.74) is 1.53. The van der Waals surface area contributed by atoms with Crippen molar-refractivity contribution >= 4 is 23.3 Å². The zero-order valence-corrected chi connectivity index (χ0v) is 12.8. The van der Waals surface area contributed by atoms with E-state index in [1.54, 1.807) is 13.1 Å². The van der Waals surface area contributed by atoms with Crippen LogP contribution in [-0.2, 0) is 0 Å². The van der Waals surface area contributed by atoms with Gasteiger partial charge in [-0.25, -0.2) is 4.98 Å². The Bertz CT molecular complexity index is 616. The third kappa shape index (κ3) is 3.73. The van der Waals surface area contributed by atoms with Gasteiger partial charge in [-0.1, -0.05) is 48.9 Å². The number of benzene rings is 1. The number of aromatic nitrogens is 1. The fourth-order valence-electron chi connectivity index (χ4n) is 2.09. The lowest BCUT2D eigenvalue weighted by Gasteiger charge is -2.17. The van der Waals surface area contributed by atoms with Gasteiger partial charge in [0.05, 0.1) is 16.6 Å². The molecule has 1 atom stereocenters. The van der Waals surface area contributed by atoms with Crippen LogP contribution in [0.2, 0.25) is 5.02 Å². The summed E-state index contributed by atoms with van der Waals surface area (Å²) in [5.74, 6) is 0.381. The SMILES string of the molecule is CCC(NC(=O)c1cnc(NC)c(Cl)c1)c1ccccc1. The third-order valence-corrected chi connectivity index (χ3v) is 3.54. The molecule has 0 radical (unpaired) electrons. The number of amides is 1. The molecular formula is C16H18ClN3O. The van der Waals surface area contributed by atoms with Gasteiger partial charge >= 0.3 is 0 Å². The van der Waals surface area contributed by atoms with E-state index in [0.29, 0.717) is 16.4 Å². The van der Waals surface area contributed by atoms with Crippen molar-refractivity contribution in [3.63, 3.8) is 0 Å². The number of carbonyl (C=O) groups is 1. The molecule has 2 rings (SSSR count). The normalized spacial score (nSPS) is 11.8. The highest BCUT2D eigenvalue weighted by Gasteiger charge is 2.15. The quantitative estimate of drug-likeness (QED) is 0.886. The lowest BCUT2D eigenvalue weighted by molar-refractivity contribution is 0.0935. The van der Waals surface area contributed by atoms with Crippen LogP contribution < -0.4 is 10.6 Å². The van der Waals surface area contributed by atoms with E-state index in [2.05, 4.69) is 15.6 Å². The van der Waals surface area contributed by atoms with Gasteiger partial charge in [0.2, 0.25) is 0 Å². The molecule has 4 nitrogen and oxygen atoms in total. The topological polar surface area (TPSA) is 54.0 Å². The van der Waals surface area contributed by atoms with Gasteiger partial charge in [-0.05, 0) is 18.1 Å². The van der Waals surface area contributed by atoms with Crippen LogP contribution >= 0.6 is 11.6 Å². The Morgan fingerprint density at radius 2 is 2.05 bits per heavy atom. The van der Waals surface area contributed by atoms with Gasteiger partial charge in [-0.3, -0.25) is 4.79 Å². The number of hydrogen-bond acceptors (Lipinski definition) is 3. The average Bonchev–Trinajstić information content (AvgIpc) is 2.53. The molecule has 0 saturated carbocycles. The van der Waals surface area contributed by atoms with Gasteiger partial charge in [0.25, 0.3) is 5.91 Å². The summed E-state index contributed by atoms with van der Waals surface area (Å²) in [5, 5.41) is 6.30. The van der Waals surface area contributed by atoms with E-state index in [1.807, 2.05) is 37.3 Å². The molecule has 1 aromatic carbocycles. The molecule has 0 aliphatic carbocycles. The Hall–Kier alpha value is -2.07. The number of carbonyl (C=O) groups excluding carboxylic acids is 1. The minimum absolute atomic E-state index is 0.0264. The summed E-state index contributed by atoms with van der Waals surface area (Å²) in [6.45, 7) is 2.03. The van der Waals surface area contributed by atoms with Crippen LogP contribution in [-0.4, -0.2) is 17.9 Å². The number of rotatable bonds is 5. The molecule has 1 unspecified atom stereocenters. The van der Waals surface area contributed by atoms with Gasteiger partial charge in [0.15, 0.2) is 0 Å². The summed E-state index contributed by atoms with van der Waals surface area (Å²) in [4.78, 5) is 16.4. The Balaban J connectivity index is 2.15. The van der Waals surface area contributed by atoms with Crippen molar-refractivity contribution in [2.24, 2.45) is 0 Å². The lowest BCUT2D eigenvalue weighted by Crippen LogP contribution is -2.28. The molecule has 0 aliphatic rings. The van der Waals surface area contributed by atoms with Crippen molar-refractivity contribution in [3.8, 4) is 0 Å². The van der Waals surface area contributed by atoms with Crippen LogP contribution in [0.5, 0.6) is 0 Å². The molecule has 1 aromatic heterocycles. The number of nitrogens with zero attached hydrogens (tertiary/aromatic N) is 1. The Morgan fingerprint density at radius 1 is 1.33 bits per heavy atom. The number of pyridine rings is 1. The number of anilines is 1. The van der Waals surface area contributed by atoms with Gasteiger partial charge in [0, 0.05) is 13.2 Å². The zero-order chi connectivity index (χ0) is 15.2. The van der Waals surface area contributed by atoms with Gasteiger partial charge in [-0.15, -0.1) is 0 Å². The highest BCUT2D eigenvalue weighted by molar-refractivity contribution is 6.33. The maximum Gasteiger partial charge on any atom is 0.253 e. The summed E-state index contributed by atoms with van der Waals surface area (Å²) >= 11 is 6.06. The molecule has 5 heteroatoms. The van der Waals surface area contributed by atoms with Gasteiger partial charge in [0.1, 0.15) is 5.82 Å². The predicted octanol–water partition coefficient (Wildman–Crippen LogP) is 3.66. The first-order valence-corrected chi connectivity index (χ1v) is 7.22. The summed E-state index contributed by atoms with van der Waals surface area (Å²) in [7, 11) is 1.73. The highest BCUT2D eigenvalue weighted by atomic mass is 35.5. The van der Waals surface area contributed by atoms with E-state index in [9.17, 15) is 4.79 Å². The van der Waals surface area contributed by atoms with Crippen molar-refractivity contribution in [2.75, 3.05) is 12.4 Å². The summed E-state index contributed by atoms with van der Waals surface area (Å²) < 4.78 is 0.